The van der Waals surface area contributed by atoms with E-state index in [-0.39, 0.29) is 23.6 Å². The molecule has 1 fully saturated rings. The number of aryl methyl sites for hydroxylation is 2. The SMILES string of the molecule is Cc1cc(C)cc(N(C(=O)C2CC2)[C@H]2C=CS(=O)(=O)C2)c1. The lowest BCUT2D eigenvalue weighted by atomic mass is 10.1. The molecule has 112 valence electrons. The summed E-state index contributed by atoms with van der Waals surface area (Å²) in [5, 5.41) is 1.23. The van der Waals surface area contributed by atoms with E-state index in [9.17, 15) is 13.2 Å². The van der Waals surface area contributed by atoms with Crippen LogP contribution in [0.5, 0.6) is 0 Å². The van der Waals surface area contributed by atoms with Crippen molar-refractivity contribution in [2.75, 3.05) is 10.7 Å². The highest BCUT2D eigenvalue weighted by Crippen LogP contribution is 2.35. The van der Waals surface area contributed by atoms with Gasteiger partial charge in [0.1, 0.15) is 0 Å². The Bertz CT molecular complexity index is 697. The Morgan fingerprint density at radius 2 is 1.76 bits per heavy atom. The van der Waals surface area contributed by atoms with Gasteiger partial charge in [-0.15, -0.1) is 0 Å². The maximum absolute atomic E-state index is 12.6. The van der Waals surface area contributed by atoms with E-state index in [1.165, 1.54) is 5.41 Å². The van der Waals surface area contributed by atoms with E-state index in [0.29, 0.717) is 0 Å². The molecular weight excluding hydrogens is 286 g/mol. The molecule has 1 aromatic rings. The topological polar surface area (TPSA) is 54.5 Å². The smallest absolute Gasteiger partial charge is 0.230 e. The molecule has 21 heavy (non-hydrogen) atoms. The summed E-state index contributed by atoms with van der Waals surface area (Å²) in [7, 11) is -3.18. The van der Waals surface area contributed by atoms with Crippen LogP contribution in [-0.4, -0.2) is 26.1 Å². The first kappa shape index (κ1) is 14.3. The van der Waals surface area contributed by atoms with Crippen molar-refractivity contribution in [1.82, 2.24) is 0 Å². The standard InChI is InChI=1S/C16H19NO3S/c1-11-7-12(2)9-15(8-11)17(16(18)13-3-4-13)14-5-6-21(19,20)10-14/h5-9,13-14H,3-4,10H2,1-2H3/t14-/m0/s1. The highest BCUT2D eigenvalue weighted by molar-refractivity contribution is 7.94. The third-order valence-corrected chi connectivity index (χ3v) is 5.27. The molecule has 1 heterocycles. The molecule has 5 heteroatoms. The van der Waals surface area contributed by atoms with Crippen LogP contribution in [0.15, 0.2) is 29.7 Å². The first-order valence-electron chi connectivity index (χ1n) is 7.18. The van der Waals surface area contributed by atoms with Crippen LogP contribution in [0.2, 0.25) is 0 Å². The average Bonchev–Trinajstić information content (AvgIpc) is 3.14. The van der Waals surface area contributed by atoms with Gasteiger partial charge in [-0.25, -0.2) is 8.42 Å². The van der Waals surface area contributed by atoms with Crippen LogP contribution in [0.3, 0.4) is 0 Å². The Morgan fingerprint density at radius 1 is 1.14 bits per heavy atom. The van der Waals surface area contributed by atoms with Crippen molar-refractivity contribution in [1.29, 1.82) is 0 Å². The van der Waals surface area contributed by atoms with E-state index in [1.54, 1.807) is 11.0 Å². The molecule has 0 aromatic heterocycles. The van der Waals surface area contributed by atoms with E-state index in [4.69, 9.17) is 0 Å². The number of benzene rings is 1. The molecule has 0 saturated heterocycles. The fourth-order valence-electron chi connectivity index (χ4n) is 2.82. The van der Waals surface area contributed by atoms with Gasteiger partial charge in [0.15, 0.2) is 9.84 Å². The van der Waals surface area contributed by atoms with Gasteiger partial charge in [0, 0.05) is 17.0 Å². The Labute approximate surface area is 125 Å². The van der Waals surface area contributed by atoms with Gasteiger partial charge < -0.3 is 4.90 Å². The zero-order chi connectivity index (χ0) is 15.2. The largest absolute Gasteiger partial charge is 0.304 e. The minimum Gasteiger partial charge on any atom is -0.304 e. The first-order chi connectivity index (χ1) is 9.85. The normalized spacial score (nSPS) is 23.2. The predicted molar refractivity (Wildman–Crippen MR) is 82.8 cm³/mol. The lowest BCUT2D eigenvalue weighted by molar-refractivity contribution is -0.120. The Balaban J connectivity index is 2.00. The summed E-state index contributed by atoms with van der Waals surface area (Å²) in [5.41, 5.74) is 2.95. The third-order valence-electron chi connectivity index (χ3n) is 3.89. The summed E-state index contributed by atoms with van der Waals surface area (Å²) in [6, 6.07) is 5.56. The van der Waals surface area contributed by atoms with Gasteiger partial charge in [0.25, 0.3) is 0 Å². The highest BCUT2D eigenvalue weighted by Gasteiger charge is 2.39. The maximum Gasteiger partial charge on any atom is 0.230 e. The second-order valence-electron chi connectivity index (χ2n) is 6.05. The van der Waals surface area contributed by atoms with Crippen molar-refractivity contribution in [3.05, 3.63) is 40.8 Å². The minimum absolute atomic E-state index is 0.0154. The molecule has 0 N–H and O–H groups in total. The van der Waals surface area contributed by atoms with E-state index in [1.807, 2.05) is 32.0 Å². The van der Waals surface area contributed by atoms with Gasteiger partial charge in [0.2, 0.25) is 5.91 Å². The van der Waals surface area contributed by atoms with Crippen LogP contribution in [0.25, 0.3) is 0 Å². The number of carbonyl (C=O) groups excluding carboxylic acids is 1. The molecule has 0 bridgehead atoms. The zero-order valence-corrected chi connectivity index (χ0v) is 13.1. The van der Waals surface area contributed by atoms with Crippen molar-refractivity contribution in [3.8, 4) is 0 Å². The number of nitrogens with zero attached hydrogens (tertiary/aromatic N) is 1. The molecule has 1 aliphatic carbocycles. The van der Waals surface area contributed by atoms with Crippen LogP contribution in [0.1, 0.15) is 24.0 Å². The fraction of sp³-hybridized carbons (Fsp3) is 0.438. The molecule has 3 rings (SSSR count). The van der Waals surface area contributed by atoms with Gasteiger partial charge in [-0.1, -0.05) is 6.07 Å². The number of rotatable bonds is 3. The van der Waals surface area contributed by atoms with Gasteiger partial charge >= 0.3 is 0 Å². The quantitative estimate of drug-likeness (QED) is 0.861. The number of hydrogen-bond acceptors (Lipinski definition) is 3. The first-order valence-corrected chi connectivity index (χ1v) is 8.89. The van der Waals surface area contributed by atoms with Crippen molar-refractivity contribution < 1.29 is 13.2 Å². The molecule has 2 aliphatic rings. The van der Waals surface area contributed by atoms with Crippen LogP contribution in [0.4, 0.5) is 5.69 Å². The van der Waals surface area contributed by atoms with Crippen molar-refractivity contribution in [2.24, 2.45) is 5.92 Å². The molecular formula is C16H19NO3S. The van der Waals surface area contributed by atoms with Gasteiger partial charge in [0.05, 0.1) is 11.8 Å². The van der Waals surface area contributed by atoms with E-state index in [0.717, 1.165) is 29.7 Å². The molecule has 1 saturated carbocycles. The summed E-state index contributed by atoms with van der Waals surface area (Å²) < 4.78 is 23.4. The summed E-state index contributed by atoms with van der Waals surface area (Å²) in [6.45, 7) is 3.97. The number of carbonyl (C=O) groups is 1. The number of sulfone groups is 1. The van der Waals surface area contributed by atoms with Gasteiger partial charge in [-0.2, -0.15) is 0 Å². The monoisotopic (exact) mass is 305 g/mol. The van der Waals surface area contributed by atoms with Gasteiger partial charge in [-0.05, 0) is 56.0 Å². The summed E-state index contributed by atoms with van der Waals surface area (Å²) in [6.07, 6.45) is 3.44. The van der Waals surface area contributed by atoms with Crippen LogP contribution >= 0.6 is 0 Å². The molecule has 1 aromatic carbocycles. The molecule has 1 amide bonds. The Hall–Kier alpha value is -1.62. The summed E-state index contributed by atoms with van der Waals surface area (Å²) >= 11 is 0. The average molecular weight is 305 g/mol. The third kappa shape index (κ3) is 3.02. The van der Waals surface area contributed by atoms with Crippen molar-refractivity contribution in [3.63, 3.8) is 0 Å². The number of hydrogen-bond donors (Lipinski definition) is 0. The second kappa shape index (κ2) is 4.98. The molecule has 0 spiro atoms. The van der Waals surface area contributed by atoms with E-state index in [2.05, 4.69) is 0 Å². The Morgan fingerprint density at radius 3 is 2.24 bits per heavy atom. The van der Waals surface area contributed by atoms with Crippen molar-refractivity contribution in [2.45, 2.75) is 32.7 Å². The molecule has 1 aliphatic heterocycles. The van der Waals surface area contributed by atoms with Crippen LogP contribution in [-0.2, 0) is 14.6 Å². The molecule has 0 radical (unpaired) electrons. The maximum atomic E-state index is 12.6. The van der Waals surface area contributed by atoms with Crippen LogP contribution < -0.4 is 4.90 Å². The summed E-state index contributed by atoms with van der Waals surface area (Å²) in [5.74, 6) is 0.0904. The second-order valence-corrected chi connectivity index (χ2v) is 7.99. The molecule has 4 nitrogen and oxygen atoms in total. The fourth-order valence-corrected chi connectivity index (χ4v) is 4.09. The van der Waals surface area contributed by atoms with Gasteiger partial charge in [-0.3, -0.25) is 4.79 Å². The number of anilines is 1. The minimum atomic E-state index is -3.18. The van der Waals surface area contributed by atoms with E-state index >= 15 is 0 Å². The predicted octanol–water partition coefficient (Wildman–Crippen LogP) is 2.36. The summed E-state index contributed by atoms with van der Waals surface area (Å²) in [4.78, 5) is 14.3. The zero-order valence-electron chi connectivity index (χ0n) is 12.2. The number of amides is 1. The molecule has 0 unspecified atom stereocenters. The van der Waals surface area contributed by atoms with E-state index < -0.39 is 9.84 Å². The lowest BCUT2D eigenvalue weighted by Crippen LogP contribution is -2.42. The highest BCUT2D eigenvalue weighted by atomic mass is 32.2. The van der Waals surface area contributed by atoms with Crippen molar-refractivity contribution >= 4 is 21.4 Å². The lowest BCUT2D eigenvalue weighted by Gasteiger charge is -2.28. The molecule has 1 atom stereocenters. The van der Waals surface area contributed by atoms with Crippen LogP contribution in [0, 0.1) is 19.8 Å². The Kier molecular flexibility index (Phi) is 3.40.